The Kier molecular flexibility index (Phi) is 1.42. The summed E-state index contributed by atoms with van der Waals surface area (Å²) in [5, 5.41) is 0.376. The van der Waals surface area contributed by atoms with Gasteiger partial charge in [-0.1, -0.05) is 0 Å². The van der Waals surface area contributed by atoms with Crippen LogP contribution in [0.3, 0.4) is 0 Å². The second-order valence-electron chi connectivity index (χ2n) is 2.31. The van der Waals surface area contributed by atoms with Crippen LogP contribution >= 0.6 is 23.4 Å². The van der Waals surface area contributed by atoms with Gasteiger partial charge in [-0.3, -0.25) is 4.79 Å². The van der Waals surface area contributed by atoms with Crippen molar-refractivity contribution in [3.63, 3.8) is 0 Å². The van der Waals surface area contributed by atoms with Crippen molar-refractivity contribution in [3.05, 3.63) is 11.1 Å². The predicted molar refractivity (Wildman–Crippen MR) is 41.6 cm³/mol. The SMILES string of the molecule is O=C1C[C@H]2SC(CCl)=CN12. The van der Waals surface area contributed by atoms with Crippen LogP contribution in [0.2, 0.25) is 0 Å². The zero-order valence-electron chi connectivity index (χ0n) is 5.21. The molecule has 0 unspecified atom stereocenters. The molecule has 0 bridgehead atoms. The van der Waals surface area contributed by atoms with Crippen LogP contribution in [0.1, 0.15) is 6.42 Å². The monoisotopic (exact) mass is 175 g/mol. The van der Waals surface area contributed by atoms with E-state index in [0.29, 0.717) is 17.7 Å². The highest BCUT2D eigenvalue weighted by Crippen LogP contribution is 2.41. The van der Waals surface area contributed by atoms with Crippen LogP contribution < -0.4 is 0 Å². The van der Waals surface area contributed by atoms with Gasteiger partial charge in [0, 0.05) is 11.1 Å². The van der Waals surface area contributed by atoms with Gasteiger partial charge in [-0.25, -0.2) is 0 Å². The van der Waals surface area contributed by atoms with Gasteiger partial charge < -0.3 is 4.90 Å². The molecule has 2 rings (SSSR count). The van der Waals surface area contributed by atoms with Crippen molar-refractivity contribution < 1.29 is 4.79 Å². The fraction of sp³-hybridized carbons (Fsp3) is 0.500. The van der Waals surface area contributed by atoms with Crippen LogP contribution in [-0.4, -0.2) is 22.1 Å². The van der Waals surface area contributed by atoms with Gasteiger partial charge in [0.25, 0.3) is 0 Å². The lowest BCUT2D eigenvalue weighted by atomic mass is 10.2. The molecule has 0 aromatic heterocycles. The Labute approximate surface area is 68.2 Å². The van der Waals surface area contributed by atoms with Crippen molar-refractivity contribution >= 4 is 29.3 Å². The number of allylic oxidation sites excluding steroid dienone is 1. The minimum Gasteiger partial charge on any atom is -0.305 e. The molecule has 1 saturated heterocycles. The van der Waals surface area contributed by atoms with Crippen molar-refractivity contribution in [2.45, 2.75) is 11.8 Å². The molecule has 54 valence electrons. The first kappa shape index (κ1) is 6.55. The standard InChI is InChI=1S/C6H6ClNOS/c7-2-4-3-8-5(9)1-6(8)10-4/h3,6H,1-2H2/t6-/m1/s1. The molecular formula is C6H6ClNOS. The topological polar surface area (TPSA) is 20.3 Å². The van der Waals surface area contributed by atoms with E-state index in [2.05, 4.69) is 0 Å². The minimum atomic E-state index is 0.220. The van der Waals surface area contributed by atoms with Gasteiger partial charge in [0.15, 0.2) is 0 Å². The summed E-state index contributed by atoms with van der Waals surface area (Å²) < 4.78 is 0. The summed E-state index contributed by atoms with van der Waals surface area (Å²) in [6.07, 6.45) is 2.54. The quantitative estimate of drug-likeness (QED) is 0.443. The van der Waals surface area contributed by atoms with Gasteiger partial charge in [0.1, 0.15) is 0 Å². The molecule has 0 radical (unpaired) electrons. The number of rotatable bonds is 1. The van der Waals surface area contributed by atoms with E-state index in [1.54, 1.807) is 16.7 Å². The number of carbonyl (C=O) groups is 1. The zero-order chi connectivity index (χ0) is 7.14. The molecule has 2 heterocycles. The van der Waals surface area contributed by atoms with Gasteiger partial charge in [0.2, 0.25) is 5.91 Å². The maximum atomic E-state index is 10.8. The van der Waals surface area contributed by atoms with Crippen LogP contribution in [0.4, 0.5) is 0 Å². The van der Waals surface area contributed by atoms with Crippen molar-refractivity contribution in [2.24, 2.45) is 0 Å². The van der Waals surface area contributed by atoms with Crippen molar-refractivity contribution in [1.82, 2.24) is 4.90 Å². The fourth-order valence-corrected chi connectivity index (χ4v) is 2.44. The highest BCUT2D eigenvalue weighted by atomic mass is 35.5. The molecule has 0 saturated carbocycles. The predicted octanol–water partition coefficient (Wildman–Crippen LogP) is 1.37. The molecular weight excluding hydrogens is 170 g/mol. The Hall–Kier alpha value is -0.150. The minimum absolute atomic E-state index is 0.220. The summed E-state index contributed by atoms with van der Waals surface area (Å²) in [6.45, 7) is 0. The average Bonchev–Trinajstić information content (AvgIpc) is 2.26. The molecule has 2 nitrogen and oxygen atoms in total. The Morgan fingerprint density at radius 3 is 3.20 bits per heavy atom. The number of thioether (sulfide) groups is 1. The van der Waals surface area contributed by atoms with E-state index in [0.717, 1.165) is 4.91 Å². The van der Waals surface area contributed by atoms with Crippen LogP contribution in [-0.2, 0) is 4.79 Å². The number of halogens is 1. The molecule has 0 N–H and O–H groups in total. The summed E-state index contributed by atoms with van der Waals surface area (Å²) in [7, 11) is 0. The van der Waals surface area contributed by atoms with E-state index in [9.17, 15) is 4.79 Å². The fourth-order valence-electron chi connectivity index (χ4n) is 1.08. The first-order valence-corrected chi connectivity index (χ1v) is 4.47. The number of amides is 1. The molecule has 1 fully saturated rings. The molecule has 0 spiro atoms. The van der Waals surface area contributed by atoms with Gasteiger partial charge in [-0.05, 0) is 0 Å². The Balaban J connectivity index is 2.12. The number of carbonyl (C=O) groups excluding carboxylic acids is 1. The van der Waals surface area contributed by atoms with E-state index >= 15 is 0 Å². The molecule has 0 aromatic carbocycles. The zero-order valence-corrected chi connectivity index (χ0v) is 6.78. The molecule has 1 amide bonds. The summed E-state index contributed by atoms with van der Waals surface area (Å²) in [6, 6.07) is 0. The summed E-state index contributed by atoms with van der Waals surface area (Å²) in [5.41, 5.74) is 0. The van der Waals surface area contributed by atoms with Crippen molar-refractivity contribution in [3.8, 4) is 0 Å². The number of hydrogen-bond donors (Lipinski definition) is 0. The number of nitrogens with zero attached hydrogens (tertiary/aromatic N) is 1. The van der Waals surface area contributed by atoms with Crippen LogP contribution in [0.25, 0.3) is 0 Å². The molecule has 4 heteroatoms. The Bertz CT molecular complexity index is 216. The third kappa shape index (κ3) is 0.772. The van der Waals surface area contributed by atoms with E-state index in [1.807, 2.05) is 6.20 Å². The molecule has 1 atom stereocenters. The number of β-lactam (4-membered cyclic amide) rings is 1. The van der Waals surface area contributed by atoms with Gasteiger partial charge >= 0.3 is 0 Å². The third-order valence-electron chi connectivity index (χ3n) is 1.65. The van der Waals surface area contributed by atoms with E-state index in [1.165, 1.54) is 0 Å². The lowest BCUT2D eigenvalue weighted by Gasteiger charge is -2.31. The normalized spacial score (nSPS) is 29.7. The average molecular weight is 176 g/mol. The van der Waals surface area contributed by atoms with Gasteiger partial charge in [0.05, 0.1) is 17.7 Å². The summed E-state index contributed by atoms with van der Waals surface area (Å²) in [4.78, 5) is 13.7. The number of hydrogen-bond acceptors (Lipinski definition) is 2. The van der Waals surface area contributed by atoms with Crippen molar-refractivity contribution in [2.75, 3.05) is 5.88 Å². The Morgan fingerprint density at radius 1 is 1.90 bits per heavy atom. The van der Waals surface area contributed by atoms with Gasteiger partial charge in [-0.2, -0.15) is 0 Å². The second-order valence-corrected chi connectivity index (χ2v) is 3.88. The molecule has 10 heavy (non-hydrogen) atoms. The van der Waals surface area contributed by atoms with Crippen LogP contribution in [0, 0.1) is 0 Å². The summed E-state index contributed by atoms with van der Waals surface area (Å²) in [5.74, 6) is 0.753. The molecule has 0 aromatic rings. The first-order chi connectivity index (χ1) is 4.81. The maximum absolute atomic E-state index is 10.8. The Morgan fingerprint density at radius 2 is 2.70 bits per heavy atom. The van der Waals surface area contributed by atoms with Crippen LogP contribution in [0.15, 0.2) is 11.1 Å². The molecule has 0 aliphatic carbocycles. The van der Waals surface area contributed by atoms with Crippen LogP contribution in [0.5, 0.6) is 0 Å². The number of fused-ring (bicyclic) bond motifs is 1. The molecule has 2 aliphatic rings. The third-order valence-corrected chi connectivity index (χ3v) is 3.31. The van der Waals surface area contributed by atoms with E-state index < -0.39 is 0 Å². The lowest BCUT2D eigenvalue weighted by molar-refractivity contribution is -0.137. The largest absolute Gasteiger partial charge is 0.305 e. The van der Waals surface area contributed by atoms with Crippen molar-refractivity contribution in [1.29, 1.82) is 0 Å². The van der Waals surface area contributed by atoms with E-state index in [4.69, 9.17) is 11.6 Å². The maximum Gasteiger partial charge on any atom is 0.230 e. The molecule has 2 aliphatic heterocycles. The lowest BCUT2D eigenvalue weighted by Crippen LogP contribution is -2.44. The highest BCUT2D eigenvalue weighted by molar-refractivity contribution is 8.04. The summed E-state index contributed by atoms with van der Waals surface area (Å²) >= 11 is 7.29. The smallest absolute Gasteiger partial charge is 0.230 e. The number of alkyl halides is 1. The highest BCUT2D eigenvalue weighted by Gasteiger charge is 2.39. The first-order valence-electron chi connectivity index (χ1n) is 3.06. The van der Waals surface area contributed by atoms with Gasteiger partial charge in [-0.15, -0.1) is 23.4 Å². The van der Waals surface area contributed by atoms with E-state index in [-0.39, 0.29) is 5.91 Å². The second kappa shape index (κ2) is 2.17.